The molecule has 112 valence electrons. The number of anilines is 1. The van der Waals surface area contributed by atoms with E-state index in [9.17, 15) is 8.42 Å². The molecule has 0 aromatic heterocycles. The number of halogens is 1. The number of fused-ring (bicyclic) bond motifs is 1. The third kappa shape index (κ3) is 3.65. The summed E-state index contributed by atoms with van der Waals surface area (Å²) in [4.78, 5) is 0. The van der Waals surface area contributed by atoms with Gasteiger partial charge in [0.15, 0.2) is 0 Å². The number of nitrogen functional groups attached to an aromatic ring is 1. The standard InChI is InChI=1S/C14H20N2O2S.ClH/c15-12-6-7-13-11(8-12)2-1-3-14(13)16-19(17,18)9-10-4-5-10;/h6-8,10,14,16H,1-5,9,15H2;1H. The fourth-order valence-corrected chi connectivity index (χ4v) is 4.54. The van der Waals surface area contributed by atoms with E-state index in [4.69, 9.17) is 5.73 Å². The summed E-state index contributed by atoms with van der Waals surface area (Å²) < 4.78 is 27.1. The molecule has 0 radical (unpaired) electrons. The predicted molar refractivity (Wildman–Crippen MR) is 83.4 cm³/mol. The second kappa shape index (κ2) is 5.92. The number of rotatable bonds is 4. The smallest absolute Gasteiger partial charge is 0.212 e. The van der Waals surface area contributed by atoms with Crippen LogP contribution < -0.4 is 10.5 Å². The van der Waals surface area contributed by atoms with Crippen molar-refractivity contribution in [2.24, 2.45) is 5.92 Å². The summed E-state index contributed by atoms with van der Waals surface area (Å²) in [5.41, 5.74) is 8.82. The summed E-state index contributed by atoms with van der Waals surface area (Å²) in [6.07, 6.45) is 4.98. The van der Waals surface area contributed by atoms with Gasteiger partial charge in [0.25, 0.3) is 0 Å². The van der Waals surface area contributed by atoms with Gasteiger partial charge in [-0.25, -0.2) is 13.1 Å². The van der Waals surface area contributed by atoms with Gasteiger partial charge in [0, 0.05) is 11.7 Å². The van der Waals surface area contributed by atoms with Crippen LogP contribution in [-0.2, 0) is 16.4 Å². The average molecular weight is 317 g/mol. The Hall–Kier alpha value is -0.780. The normalized spacial score (nSPS) is 21.9. The summed E-state index contributed by atoms with van der Waals surface area (Å²) in [6, 6.07) is 5.71. The first-order valence-corrected chi connectivity index (χ1v) is 8.57. The Morgan fingerprint density at radius 1 is 1.25 bits per heavy atom. The molecule has 4 nitrogen and oxygen atoms in total. The first-order chi connectivity index (χ1) is 9.03. The van der Waals surface area contributed by atoms with E-state index in [0.717, 1.165) is 43.4 Å². The minimum Gasteiger partial charge on any atom is -0.399 e. The SMILES string of the molecule is Cl.Nc1ccc2c(c1)CCCC2NS(=O)(=O)CC1CC1. The van der Waals surface area contributed by atoms with E-state index in [1.807, 2.05) is 18.2 Å². The fraction of sp³-hybridized carbons (Fsp3) is 0.571. The number of sulfonamides is 1. The second-order valence-electron chi connectivity index (χ2n) is 5.75. The van der Waals surface area contributed by atoms with Gasteiger partial charge in [0.2, 0.25) is 10.0 Å². The second-order valence-corrected chi connectivity index (χ2v) is 7.54. The molecule has 1 atom stereocenters. The molecule has 20 heavy (non-hydrogen) atoms. The van der Waals surface area contributed by atoms with Gasteiger partial charge in [0.1, 0.15) is 0 Å². The van der Waals surface area contributed by atoms with Gasteiger partial charge in [-0.1, -0.05) is 6.07 Å². The van der Waals surface area contributed by atoms with Gasteiger partial charge in [-0.15, -0.1) is 12.4 Å². The van der Waals surface area contributed by atoms with Crippen molar-refractivity contribution in [1.82, 2.24) is 4.72 Å². The molecule has 0 saturated heterocycles. The Morgan fingerprint density at radius 2 is 2.00 bits per heavy atom. The Bertz CT molecular complexity index is 585. The Morgan fingerprint density at radius 3 is 2.70 bits per heavy atom. The minimum atomic E-state index is -3.15. The van der Waals surface area contributed by atoms with Crippen molar-refractivity contribution in [3.8, 4) is 0 Å². The van der Waals surface area contributed by atoms with Gasteiger partial charge in [0.05, 0.1) is 5.75 Å². The maximum Gasteiger partial charge on any atom is 0.212 e. The summed E-state index contributed by atoms with van der Waals surface area (Å²) >= 11 is 0. The number of aryl methyl sites for hydroxylation is 1. The van der Waals surface area contributed by atoms with E-state index in [-0.39, 0.29) is 24.2 Å². The van der Waals surface area contributed by atoms with Crippen LogP contribution in [0.5, 0.6) is 0 Å². The molecule has 2 aliphatic carbocycles. The molecule has 0 heterocycles. The molecule has 2 aliphatic rings. The maximum absolute atomic E-state index is 12.1. The number of hydrogen-bond acceptors (Lipinski definition) is 3. The van der Waals surface area contributed by atoms with Crippen molar-refractivity contribution in [2.45, 2.75) is 38.1 Å². The van der Waals surface area contributed by atoms with Crippen LogP contribution >= 0.6 is 12.4 Å². The van der Waals surface area contributed by atoms with E-state index < -0.39 is 10.0 Å². The molecule has 0 spiro atoms. The minimum absolute atomic E-state index is 0. The van der Waals surface area contributed by atoms with E-state index >= 15 is 0 Å². The van der Waals surface area contributed by atoms with Gasteiger partial charge >= 0.3 is 0 Å². The predicted octanol–water partition coefficient (Wildman–Crippen LogP) is 2.40. The van der Waals surface area contributed by atoms with Crippen LogP contribution in [0.4, 0.5) is 5.69 Å². The van der Waals surface area contributed by atoms with Crippen molar-refractivity contribution < 1.29 is 8.42 Å². The quantitative estimate of drug-likeness (QED) is 0.838. The average Bonchev–Trinajstić information content (AvgIpc) is 3.11. The Kier molecular flexibility index (Phi) is 4.62. The van der Waals surface area contributed by atoms with Crippen LogP contribution in [0.25, 0.3) is 0 Å². The molecular weight excluding hydrogens is 296 g/mol. The van der Waals surface area contributed by atoms with Crippen LogP contribution in [0.15, 0.2) is 18.2 Å². The fourth-order valence-electron chi connectivity index (χ4n) is 2.82. The summed E-state index contributed by atoms with van der Waals surface area (Å²) in [6.45, 7) is 0. The highest BCUT2D eigenvalue weighted by molar-refractivity contribution is 7.89. The Labute approximate surface area is 126 Å². The highest BCUT2D eigenvalue weighted by atomic mass is 35.5. The van der Waals surface area contributed by atoms with Crippen molar-refractivity contribution in [2.75, 3.05) is 11.5 Å². The molecule has 0 bridgehead atoms. The van der Waals surface area contributed by atoms with Gasteiger partial charge in [-0.2, -0.15) is 0 Å². The van der Waals surface area contributed by atoms with E-state index in [1.54, 1.807) is 0 Å². The van der Waals surface area contributed by atoms with Gasteiger partial charge < -0.3 is 5.73 Å². The van der Waals surface area contributed by atoms with Crippen molar-refractivity contribution >= 4 is 28.1 Å². The van der Waals surface area contributed by atoms with Crippen molar-refractivity contribution in [3.05, 3.63) is 29.3 Å². The number of hydrogen-bond donors (Lipinski definition) is 2. The lowest BCUT2D eigenvalue weighted by atomic mass is 9.88. The molecule has 3 rings (SSSR count). The molecule has 0 amide bonds. The lowest BCUT2D eigenvalue weighted by Gasteiger charge is -2.26. The molecule has 1 aromatic rings. The lowest BCUT2D eigenvalue weighted by Crippen LogP contribution is -2.33. The third-order valence-corrected chi connectivity index (χ3v) is 5.51. The zero-order valence-electron chi connectivity index (χ0n) is 11.3. The van der Waals surface area contributed by atoms with E-state index in [1.165, 1.54) is 5.56 Å². The zero-order valence-corrected chi connectivity index (χ0v) is 13.0. The first-order valence-electron chi connectivity index (χ1n) is 6.92. The van der Waals surface area contributed by atoms with Gasteiger partial charge in [-0.3, -0.25) is 0 Å². The molecule has 6 heteroatoms. The van der Waals surface area contributed by atoms with Crippen molar-refractivity contribution in [1.29, 1.82) is 0 Å². The number of benzene rings is 1. The zero-order chi connectivity index (χ0) is 13.5. The molecule has 1 saturated carbocycles. The highest BCUT2D eigenvalue weighted by Gasteiger charge is 2.31. The van der Waals surface area contributed by atoms with Crippen molar-refractivity contribution in [3.63, 3.8) is 0 Å². The topological polar surface area (TPSA) is 72.2 Å². The molecule has 0 aliphatic heterocycles. The molecule has 1 fully saturated rings. The maximum atomic E-state index is 12.1. The van der Waals surface area contributed by atoms with E-state index in [0.29, 0.717) is 5.92 Å². The molecule has 3 N–H and O–H groups in total. The summed E-state index contributed by atoms with van der Waals surface area (Å²) in [7, 11) is -3.15. The highest BCUT2D eigenvalue weighted by Crippen LogP contribution is 2.33. The van der Waals surface area contributed by atoms with Crippen LogP contribution in [0, 0.1) is 5.92 Å². The Balaban J connectivity index is 0.00000147. The van der Waals surface area contributed by atoms with Crippen LogP contribution in [0.3, 0.4) is 0 Å². The molecular formula is C14H21ClN2O2S. The van der Waals surface area contributed by atoms with Gasteiger partial charge in [-0.05, 0) is 61.3 Å². The monoisotopic (exact) mass is 316 g/mol. The molecule has 1 unspecified atom stereocenters. The van der Waals surface area contributed by atoms with Crippen LogP contribution in [0.2, 0.25) is 0 Å². The number of nitrogens with one attached hydrogen (secondary N) is 1. The van der Waals surface area contributed by atoms with Crippen LogP contribution in [-0.4, -0.2) is 14.2 Å². The number of nitrogens with two attached hydrogens (primary N) is 1. The third-order valence-electron chi connectivity index (χ3n) is 3.96. The molecule has 1 aromatic carbocycles. The summed E-state index contributed by atoms with van der Waals surface area (Å²) in [5.74, 6) is 0.667. The summed E-state index contributed by atoms with van der Waals surface area (Å²) in [5, 5.41) is 0. The van der Waals surface area contributed by atoms with E-state index in [2.05, 4.69) is 4.72 Å². The largest absolute Gasteiger partial charge is 0.399 e. The first kappa shape index (κ1) is 15.6. The van der Waals surface area contributed by atoms with Crippen LogP contribution in [0.1, 0.15) is 42.9 Å². The lowest BCUT2D eigenvalue weighted by molar-refractivity contribution is 0.506.